The molecule has 2 aliphatic carbocycles. The van der Waals surface area contributed by atoms with Crippen molar-refractivity contribution < 1.29 is 4.79 Å². The van der Waals surface area contributed by atoms with Gasteiger partial charge in [-0.2, -0.15) is 4.98 Å². The Bertz CT molecular complexity index is 891. The maximum atomic E-state index is 12.4. The third kappa shape index (κ3) is 4.86. The van der Waals surface area contributed by atoms with E-state index in [1.54, 1.807) is 24.3 Å². The monoisotopic (exact) mass is 427 g/mol. The maximum Gasteiger partial charge on any atom is 0.251 e. The van der Waals surface area contributed by atoms with Gasteiger partial charge in [0.05, 0.1) is 5.69 Å². The molecule has 0 unspecified atom stereocenters. The molecule has 1 amide bonds. The molecule has 1 fully saturated rings. The minimum atomic E-state index is -0.0308. The molecule has 0 bridgehead atoms. The summed E-state index contributed by atoms with van der Waals surface area (Å²) in [6.45, 7) is 0. The van der Waals surface area contributed by atoms with Gasteiger partial charge in [0.25, 0.3) is 5.91 Å². The highest BCUT2D eigenvalue weighted by atomic mass is 35.5. The van der Waals surface area contributed by atoms with Crippen molar-refractivity contribution in [2.45, 2.75) is 63.5 Å². The first-order valence-corrected chi connectivity index (χ1v) is 11.3. The maximum absolute atomic E-state index is 12.4. The topological polar surface area (TPSA) is 70.2 Å². The number of carbonyl (C=O) groups is 1. The summed E-state index contributed by atoms with van der Waals surface area (Å²) in [4.78, 5) is 24.2. The van der Waals surface area contributed by atoms with Gasteiger partial charge in [-0.15, -0.1) is 0 Å². The molecular formula is C23H30ClN5O. The van der Waals surface area contributed by atoms with Crippen LogP contribution in [0.2, 0.25) is 5.02 Å². The summed E-state index contributed by atoms with van der Waals surface area (Å²) in [5.74, 6) is 1.76. The second-order valence-corrected chi connectivity index (χ2v) is 9.01. The number of nitrogens with one attached hydrogen (secondary N) is 2. The Hall–Kier alpha value is -2.34. The Kier molecular flexibility index (Phi) is 6.42. The Morgan fingerprint density at radius 3 is 2.37 bits per heavy atom. The molecule has 2 aromatic rings. The van der Waals surface area contributed by atoms with E-state index in [1.807, 2.05) is 0 Å². The first-order chi connectivity index (χ1) is 14.5. The molecule has 0 aliphatic heterocycles. The molecule has 160 valence electrons. The summed E-state index contributed by atoms with van der Waals surface area (Å²) in [5, 5.41) is 7.36. The Balaban J connectivity index is 1.34. The van der Waals surface area contributed by atoms with Crippen LogP contribution in [0.5, 0.6) is 0 Å². The van der Waals surface area contributed by atoms with Gasteiger partial charge in [0.2, 0.25) is 5.95 Å². The molecule has 2 N–H and O–H groups in total. The van der Waals surface area contributed by atoms with E-state index in [0.29, 0.717) is 16.6 Å². The van der Waals surface area contributed by atoms with E-state index in [4.69, 9.17) is 21.6 Å². The number of amides is 1. The highest BCUT2D eigenvalue weighted by Crippen LogP contribution is 2.29. The van der Waals surface area contributed by atoms with E-state index in [-0.39, 0.29) is 11.9 Å². The molecule has 30 heavy (non-hydrogen) atoms. The standard InChI is InChI=1S/C23H30ClN5O/c1-29(2)21-19-5-3-4-6-20(19)27-23(28-21)26-18-13-11-17(12-14-18)25-22(30)15-7-9-16(24)10-8-15/h7-10,17-18H,3-6,11-14H2,1-2H3,(H,25,30)(H,26,27,28). The van der Waals surface area contributed by atoms with E-state index in [0.717, 1.165) is 50.3 Å². The highest BCUT2D eigenvalue weighted by Gasteiger charge is 2.25. The summed E-state index contributed by atoms with van der Waals surface area (Å²) in [7, 11) is 4.10. The molecule has 0 spiro atoms. The van der Waals surface area contributed by atoms with Gasteiger partial charge < -0.3 is 15.5 Å². The first kappa shape index (κ1) is 20.9. The van der Waals surface area contributed by atoms with Crippen LogP contribution in [-0.4, -0.2) is 42.1 Å². The van der Waals surface area contributed by atoms with Gasteiger partial charge in [0, 0.05) is 42.3 Å². The second-order valence-electron chi connectivity index (χ2n) is 8.57. The predicted octanol–water partition coefficient (Wildman–Crippen LogP) is 4.23. The molecule has 1 heterocycles. The lowest BCUT2D eigenvalue weighted by Gasteiger charge is -2.30. The Morgan fingerprint density at radius 1 is 1.00 bits per heavy atom. The van der Waals surface area contributed by atoms with Gasteiger partial charge >= 0.3 is 0 Å². The molecular weight excluding hydrogens is 398 g/mol. The molecule has 7 heteroatoms. The quantitative estimate of drug-likeness (QED) is 0.747. The lowest BCUT2D eigenvalue weighted by atomic mass is 9.91. The van der Waals surface area contributed by atoms with Gasteiger partial charge in [-0.05, 0) is 75.6 Å². The predicted molar refractivity (Wildman–Crippen MR) is 122 cm³/mol. The summed E-state index contributed by atoms with van der Waals surface area (Å²) >= 11 is 5.91. The van der Waals surface area contributed by atoms with Crippen molar-refractivity contribution in [3.63, 3.8) is 0 Å². The molecule has 2 aliphatic rings. The van der Waals surface area contributed by atoms with E-state index in [9.17, 15) is 4.79 Å². The average Bonchev–Trinajstić information content (AvgIpc) is 2.75. The first-order valence-electron chi connectivity index (χ1n) is 10.9. The lowest BCUT2D eigenvalue weighted by molar-refractivity contribution is 0.0926. The Morgan fingerprint density at radius 2 is 1.67 bits per heavy atom. The van der Waals surface area contributed by atoms with Gasteiger partial charge in [0.1, 0.15) is 5.82 Å². The summed E-state index contributed by atoms with van der Waals surface area (Å²) in [5.41, 5.74) is 3.16. The van der Waals surface area contributed by atoms with Crippen molar-refractivity contribution in [3.05, 3.63) is 46.1 Å². The van der Waals surface area contributed by atoms with Crippen molar-refractivity contribution in [3.8, 4) is 0 Å². The molecule has 4 rings (SSSR count). The zero-order chi connectivity index (χ0) is 21.1. The molecule has 0 saturated heterocycles. The molecule has 1 aromatic heterocycles. The number of halogens is 1. The van der Waals surface area contributed by atoms with Crippen LogP contribution in [0, 0.1) is 0 Å². The molecule has 1 saturated carbocycles. The fourth-order valence-electron chi connectivity index (χ4n) is 4.44. The largest absolute Gasteiger partial charge is 0.362 e. The van der Waals surface area contributed by atoms with Crippen LogP contribution in [0.1, 0.15) is 60.1 Å². The third-order valence-electron chi connectivity index (χ3n) is 6.09. The number of benzene rings is 1. The number of aryl methyl sites for hydroxylation is 1. The molecule has 0 radical (unpaired) electrons. The van der Waals surface area contributed by atoms with Crippen LogP contribution in [0.3, 0.4) is 0 Å². The third-order valence-corrected chi connectivity index (χ3v) is 6.34. The number of fused-ring (bicyclic) bond motifs is 1. The molecule has 6 nitrogen and oxygen atoms in total. The number of rotatable bonds is 5. The average molecular weight is 428 g/mol. The van der Waals surface area contributed by atoms with Gasteiger partial charge in [0.15, 0.2) is 0 Å². The fraction of sp³-hybridized carbons (Fsp3) is 0.522. The van der Waals surface area contributed by atoms with Crippen molar-refractivity contribution in [2.75, 3.05) is 24.3 Å². The molecule has 1 aromatic carbocycles. The fourth-order valence-corrected chi connectivity index (χ4v) is 4.57. The summed E-state index contributed by atoms with van der Waals surface area (Å²) < 4.78 is 0. The van der Waals surface area contributed by atoms with Crippen molar-refractivity contribution in [1.29, 1.82) is 0 Å². The summed E-state index contributed by atoms with van der Waals surface area (Å²) in [6, 6.07) is 7.56. The van der Waals surface area contributed by atoms with Crippen molar-refractivity contribution in [1.82, 2.24) is 15.3 Å². The normalized spacial score (nSPS) is 20.9. The van der Waals surface area contributed by atoms with Crippen LogP contribution in [0.4, 0.5) is 11.8 Å². The number of hydrogen-bond donors (Lipinski definition) is 2. The smallest absolute Gasteiger partial charge is 0.251 e. The van der Waals surface area contributed by atoms with Gasteiger partial charge in [-0.1, -0.05) is 11.6 Å². The number of nitrogens with zero attached hydrogens (tertiary/aromatic N) is 3. The number of carbonyl (C=O) groups excluding carboxylic acids is 1. The van der Waals surface area contributed by atoms with E-state index in [1.165, 1.54) is 24.1 Å². The Labute approximate surface area is 183 Å². The zero-order valence-corrected chi connectivity index (χ0v) is 18.5. The van der Waals surface area contributed by atoms with Crippen LogP contribution in [-0.2, 0) is 12.8 Å². The van der Waals surface area contributed by atoms with Crippen LogP contribution >= 0.6 is 11.6 Å². The number of anilines is 2. The van der Waals surface area contributed by atoms with Crippen LogP contribution in [0.25, 0.3) is 0 Å². The minimum absolute atomic E-state index is 0.0308. The van der Waals surface area contributed by atoms with E-state index >= 15 is 0 Å². The van der Waals surface area contributed by atoms with E-state index in [2.05, 4.69) is 29.6 Å². The van der Waals surface area contributed by atoms with Gasteiger partial charge in [-0.3, -0.25) is 4.79 Å². The minimum Gasteiger partial charge on any atom is -0.362 e. The zero-order valence-electron chi connectivity index (χ0n) is 17.7. The second kappa shape index (κ2) is 9.21. The highest BCUT2D eigenvalue weighted by molar-refractivity contribution is 6.30. The van der Waals surface area contributed by atoms with Crippen molar-refractivity contribution >= 4 is 29.3 Å². The van der Waals surface area contributed by atoms with E-state index < -0.39 is 0 Å². The van der Waals surface area contributed by atoms with Gasteiger partial charge in [-0.25, -0.2) is 4.98 Å². The van der Waals surface area contributed by atoms with Crippen LogP contribution < -0.4 is 15.5 Å². The summed E-state index contributed by atoms with van der Waals surface area (Å²) in [6.07, 6.45) is 8.40. The lowest BCUT2D eigenvalue weighted by Crippen LogP contribution is -2.40. The number of hydrogen-bond acceptors (Lipinski definition) is 5. The van der Waals surface area contributed by atoms with Crippen LogP contribution in [0.15, 0.2) is 24.3 Å². The van der Waals surface area contributed by atoms with Crippen molar-refractivity contribution in [2.24, 2.45) is 0 Å². The molecule has 0 atom stereocenters. The SMILES string of the molecule is CN(C)c1nc(NC2CCC(NC(=O)c3ccc(Cl)cc3)CC2)nc2c1CCCC2. The number of aromatic nitrogens is 2.